The zero-order valence-corrected chi connectivity index (χ0v) is 42.3. The summed E-state index contributed by atoms with van der Waals surface area (Å²) in [5, 5.41) is 10.6. The van der Waals surface area contributed by atoms with Crippen LogP contribution in [0.25, 0.3) is 11.3 Å². The summed E-state index contributed by atoms with van der Waals surface area (Å²) in [4.78, 5) is 29.3. The Hall–Kier alpha value is -5.48. The van der Waals surface area contributed by atoms with E-state index in [9.17, 15) is 9.59 Å². The van der Waals surface area contributed by atoms with Crippen molar-refractivity contribution in [2.75, 3.05) is 0 Å². The van der Waals surface area contributed by atoms with E-state index in [4.69, 9.17) is 5.73 Å². The molecule has 9 rings (SSSR count). The molecule has 8 aromatic rings. The number of primary amides is 1. The van der Waals surface area contributed by atoms with Crippen molar-refractivity contribution >= 4 is 68.7 Å². The number of nitrogens with one attached hydrogen (secondary N) is 1. The fourth-order valence-electron chi connectivity index (χ4n) is 7.77. The fourth-order valence-corrected chi connectivity index (χ4v) is 13.3. The van der Waals surface area contributed by atoms with E-state index in [0.29, 0.717) is 11.6 Å². The molecule has 0 aliphatic heterocycles. The zero-order valence-electron chi connectivity index (χ0n) is 37.4. The molecule has 0 saturated heterocycles. The maximum atomic E-state index is 13.2. The van der Waals surface area contributed by atoms with Crippen LogP contribution in [0, 0.1) is 6.07 Å². The van der Waals surface area contributed by atoms with Crippen molar-refractivity contribution in [2.24, 2.45) is 5.73 Å². The molecule has 0 spiro atoms. The number of rotatable bonds is 10. The molecule has 0 atom stereocenters. The molecule has 340 valence electrons. The van der Waals surface area contributed by atoms with Gasteiger partial charge in [0.05, 0.1) is 27.0 Å². The molecule has 3 N–H and O–H groups in total. The number of nitrogens with zero attached hydrogens (tertiary/aromatic N) is 1. The van der Waals surface area contributed by atoms with Gasteiger partial charge in [-0.15, -0.1) is 35.9 Å². The summed E-state index contributed by atoms with van der Waals surface area (Å²) in [6, 6.07) is 74.9. The van der Waals surface area contributed by atoms with Gasteiger partial charge in [-0.05, 0) is 97.4 Å². The summed E-state index contributed by atoms with van der Waals surface area (Å²) in [5.74, 6) is -0.290. The Balaban J connectivity index is 0.000000191. The first-order valence-electron chi connectivity index (χ1n) is 22.3. The molecule has 66 heavy (non-hydrogen) atoms. The van der Waals surface area contributed by atoms with Crippen LogP contribution in [0.4, 0.5) is 0 Å². The van der Waals surface area contributed by atoms with Crippen LogP contribution in [-0.4, -0.2) is 22.8 Å². The van der Waals surface area contributed by atoms with Gasteiger partial charge in [0.25, 0.3) is 11.8 Å². The summed E-state index contributed by atoms with van der Waals surface area (Å²) >= 11 is 1.75. The number of amides is 2. The number of carbonyl (C=O) groups excluding carboxylic acids is 2. The number of hydrogen-bond donors (Lipinski definition) is 2. The molecule has 1 aromatic heterocycles. The van der Waals surface area contributed by atoms with E-state index < -0.39 is 15.8 Å². The van der Waals surface area contributed by atoms with E-state index in [-0.39, 0.29) is 11.8 Å². The van der Waals surface area contributed by atoms with Gasteiger partial charge in [-0.3, -0.25) is 9.59 Å². The van der Waals surface area contributed by atoms with Crippen molar-refractivity contribution < 1.29 is 29.6 Å². The largest absolute Gasteiger partial charge is 0.305 e. The average Bonchev–Trinajstić information content (AvgIpc) is 3.40. The number of carbonyl (C=O) groups is 2. The summed E-state index contributed by atoms with van der Waals surface area (Å²) in [6.07, 6.45) is 7.71. The maximum Gasteiger partial charge on any atom is 0.0160 e. The van der Waals surface area contributed by atoms with Crippen molar-refractivity contribution in [3.8, 4) is 11.3 Å². The smallest absolute Gasteiger partial charge is 0.0160 e. The van der Waals surface area contributed by atoms with E-state index in [1.807, 2.05) is 129 Å². The van der Waals surface area contributed by atoms with Crippen LogP contribution in [-0.2, 0) is 20.0 Å². The van der Waals surface area contributed by atoms with E-state index in [2.05, 4.69) is 123 Å². The van der Waals surface area contributed by atoms with Crippen LogP contribution in [0.1, 0.15) is 66.7 Å². The second-order valence-electron chi connectivity index (χ2n) is 15.0. The quantitative estimate of drug-likeness (QED) is 0.0813. The SMILES string of the molecule is CC.NC(=O)c1ccccc1[PH+](c1ccccc1)c1ccccc1.O=C(NC1CCCCC1)c1ccccc1[PH+](c1ccccc1)c1ccccc1.[Cl][Au].[c-]1ccccc1-c1ccccn1. The molecule has 5 nitrogen and oxygen atoms in total. The first-order valence-corrected chi connectivity index (χ1v) is 28.0. The van der Waals surface area contributed by atoms with Gasteiger partial charge in [0.1, 0.15) is 31.8 Å². The van der Waals surface area contributed by atoms with Gasteiger partial charge in [-0.1, -0.05) is 142 Å². The zero-order chi connectivity index (χ0) is 46.8. The van der Waals surface area contributed by atoms with Crippen molar-refractivity contribution in [2.45, 2.75) is 52.0 Å². The van der Waals surface area contributed by atoms with Crippen LogP contribution >= 0.6 is 25.0 Å². The summed E-state index contributed by atoms with van der Waals surface area (Å²) in [5.41, 5.74) is 9.04. The second-order valence-corrected chi connectivity index (χ2v) is 19.9. The molecular formula is C57H58AuClN3O2P2+. The van der Waals surface area contributed by atoms with Crippen LogP contribution in [0.3, 0.4) is 0 Å². The Labute approximate surface area is 410 Å². The number of benzene rings is 7. The molecule has 0 unspecified atom stereocenters. The summed E-state index contributed by atoms with van der Waals surface area (Å²) < 4.78 is 0. The molecular weight excluding hydrogens is 1050 g/mol. The molecule has 1 aliphatic rings. The second kappa shape index (κ2) is 29.2. The number of halogens is 1. The van der Waals surface area contributed by atoms with E-state index in [1.54, 1.807) is 26.2 Å². The third kappa shape index (κ3) is 15.3. The van der Waals surface area contributed by atoms with Gasteiger partial charge in [0, 0.05) is 12.2 Å². The van der Waals surface area contributed by atoms with Crippen molar-refractivity contribution in [3.63, 3.8) is 0 Å². The molecule has 1 saturated carbocycles. The molecule has 9 heteroatoms. The van der Waals surface area contributed by atoms with Crippen molar-refractivity contribution in [1.82, 2.24) is 10.3 Å². The number of pyridine rings is 1. The van der Waals surface area contributed by atoms with E-state index in [1.165, 1.54) is 45.8 Å². The van der Waals surface area contributed by atoms with Gasteiger partial charge in [-0.2, -0.15) is 0 Å². The Morgan fingerprint density at radius 2 is 0.955 bits per heavy atom. The number of nitrogens with two attached hydrogens (primary N) is 1. The minimum Gasteiger partial charge on any atom is -0.305 e. The van der Waals surface area contributed by atoms with Gasteiger partial charge in [-0.25, -0.2) is 0 Å². The Morgan fingerprint density at radius 1 is 0.545 bits per heavy atom. The Bertz CT molecular complexity index is 2470. The van der Waals surface area contributed by atoms with Crippen molar-refractivity contribution in [1.29, 1.82) is 0 Å². The first kappa shape index (κ1) is 51.5. The van der Waals surface area contributed by atoms with Crippen molar-refractivity contribution in [3.05, 3.63) is 236 Å². The number of aromatic nitrogens is 1. The van der Waals surface area contributed by atoms with E-state index in [0.717, 1.165) is 35.0 Å². The maximum absolute atomic E-state index is 13.2. The minimum absolute atomic E-state index is 0.0804. The van der Waals surface area contributed by atoms with Gasteiger partial charge in [0.2, 0.25) is 0 Å². The van der Waals surface area contributed by atoms with Crippen LogP contribution < -0.4 is 42.9 Å². The summed E-state index contributed by atoms with van der Waals surface area (Å²) in [6.45, 7) is 4.00. The number of hydrogen-bond acceptors (Lipinski definition) is 3. The molecule has 0 bridgehead atoms. The topological polar surface area (TPSA) is 85.1 Å². The third-order valence-corrected chi connectivity index (χ3v) is 16.3. The van der Waals surface area contributed by atoms with Gasteiger partial charge in [0.15, 0.2) is 0 Å². The van der Waals surface area contributed by atoms with Gasteiger partial charge >= 0.3 is 29.2 Å². The van der Waals surface area contributed by atoms with Crippen LogP contribution in [0.5, 0.6) is 0 Å². The molecule has 1 aliphatic carbocycles. The predicted molar refractivity (Wildman–Crippen MR) is 282 cm³/mol. The standard InChI is InChI=1S/C25H26NOP.C19H16NOP.C11H8N.C2H6.Au.ClH/c27-25(26-20-12-4-1-5-13-20)23-18-10-11-19-24(23)28(21-14-6-2-7-15-21)22-16-8-3-9-17-22;20-19(21)17-13-7-8-14-18(17)22(15-9-3-1-4-10-15)16-11-5-2-6-12-16;1-2-6-10(7-3-1)11-8-4-5-9-12-11;1-2;;/h2-3,6-11,14-20H,1,4-5,12-13H2,(H,26,27);1-14H,(H2,20,21);1-6,8-9H;1-2H3;;1H/q;;-1;;+1;/p+1. The first-order chi connectivity index (χ1) is 32.6. The molecule has 2 amide bonds. The monoisotopic (exact) mass is 1110 g/mol. The fraction of sp³-hybridized carbons (Fsp3) is 0.140. The third-order valence-electron chi connectivity index (χ3n) is 10.7. The average molecular weight is 1110 g/mol. The van der Waals surface area contributed by atoms with Crippen LogP contribution in [0.15, 0.2) is 219 Å². The molecule has 0 radical (unpaired) electrons. The predicted octanol–water partition coefficient (Wildman–Crippen LogP) is 10.8. The Morgan fingerprint density at radius 3 is 1.38 bits per heavy atom. The molecule has 7 aromatic carbocycles. The molecule has 1 fully saturated rings. The van der Waals surface area contributed by atoms with E-state index >= 15 is 0 Å². The Kier molecular flexibility index (Phi) is 22.8. The van der Waals surface area contributed by atoms with Crippen LogP contribution in [0.2, 0.25) is 0 Å². The van der Waals surface area contributed by atoms with Gasteiger partial charge < -0.3 is 16.0 Å². The summed E-state index contributed by atoms with van der Waals surface area (Å²) in [7, 11) is 2.08. The minimum atomic E-state index is -1.25. The molecule has 1 heterocycles. The normalized spacial score (nSPS) is 11.7.